The van der Waals surface area contributed by atoms with Gasteiger partial charge in [0.2, 0.25) is 0 Å². The summed E-state index contributed by atoms with van der Waals surface area (Å²) in [6.45, 7) is 3.43. The number of nitrogens with zero attached hydrogens (tertiary/aromatic N) is 1. The monoisotopic (exact) mass is 448 g/mol. The Balaban J connectivity index is 1.61. The summed E-state index contributed by atoms with van der Waals surface area (Å²) in [7, 11) is 0. The number of benzene rings is 2. The molecule has 32 heavy (non-hydrogen) atoms. The normalized spacial score (nSPS) is 12.6. The molecular formula is C24H24F4N2O2. The number of aromatic nitrogens is 1. The molecule has 0 saturated carbocycles. The van der Waals surface area contributed by atoms with Gasteiger partial charge in [0.1, 0.15) is 11.9 Å². The minimum absolute atomic E-state index is 0.0337. The number of esters is 1. The van der Waals surface area contributed by atoms with Crippen LogP contribution in [0.25, 0.3) is 0 Å². The van der Waals surface area contributed by atoms with Crippen LogP contribution in [-0.4, -0.2) is 16.6 Å². The minimum Gasteiger partial charge on any atom is -0.442 e. The molecule has 8 heteroatoms. The summed E-state index contributed by atoms with van der Waals surface area (Å²) in [5.41, 5.74) is 0.922. The van der Waals surface area contributed by atoms with Gasteiger partial charge in [-0.3, -0.25) is 0 Å². The Bertz CT molecular complexity index is 1050. The van der Waals surface area contributed by atoms with Gasteiger partial charge in [0.05, 0.1) is 11.3 Å². The molecule has 0 aliphatic rings. The van der Waals surface area contributed by atoms with Gasteiger partial charge in [-0.1, -0.05) is 44.2 Å². The summed E-state index contributed by atoms with van der Waals surface area (Å²) in [4.78, 5) is 12.6. The second-order valence-corrected chi connectivity index (χ2v) is 7.85. The van der Waals surface area contributed by atoms with E-state index in [-0.39, 0.29) is 18.3 Å². The first kappa shape index (κ1) is 23.4. The molecule has 0 aliphatic carbocycles. The van der Waals surface area contributed by atoms with Gasteiger partial charge in [0, 0.05) is 12.4 Å². The van der Waals surface area contributed by atoms with Gasteiger partial charge in [-0.15, -0.1) is 0 Å². The van der Waals surface area contributed by atoms with E-state index in [9.17, 15) is 22.4 Å². The number of ether oxygens (including phenoxy) is 1. The quantitative estimate of drug-likeness (QED) is 0.346. The maximum Gasteiger partial charge on any atom is 0.416 e. The van der Waals surface area contributed by atoms with E-state index in [0.717, 1.165) is 29.7 Å². The number of carbonyl (C=O) groups is 1. The smallest absolute Gasteiger partial charge is 0.416 e. The maximum atomic E-state index is 14.2. The third kappa shape index (κ3) is 6.12. The second kappa shape index (κ2) is 9.89. The average Bonchev–Trinajstić information content (AvgIpc) is 3.18. The van der Waals surface area contributed by atoms with Gasteiger partial charge in [-0.05, 0) is 47.7 Å². The zero-order chi connectivity index (χ0) is 23.3. The lowest BCUT2D eigenvalue weighted by Crippen LogP contribution is -2.36. The van der Waals surface area contributed by atoms with Crippen molar-refractivity contribution in [1.82, 2.24) is 4.57 Å². The highest BCUT2D eigenvalue weighted by atomic mass is 19.4. The van der Waals surface area contributed by atoms with Gasteiger partial charge in [-0.25, -0.2) is 9.18 Å². The summed E-state index contributed by atoms with van der Waals surface area (Å²) < 4.78 is 59.5. The maximum absolute atomic E-state index is 14.2. The molecule has 0 radical (unpaired) electrons. The SMILES string of the molecule is CC(C)C(Nc1ccc(C(F)(F)F)cc1F)C(=O)OCn1ccc(Cc2ccccc2)c1. The summed E-state index contributed by atoms with van der Waals surface area (Å²) in [6.07, 6.45) is -0.246. The Labute approximate surface area is 183 Å². The molecule has 0 aliphatic heterocycles. The lowest BCUT2D eigenvalue weighted by atomic mass is 10.0. The van der Waals surface area contributed by atoms with Crippen LogP contribution in [0.15, 0.2) is 67.0 Å². The lowest BCUT2D eigenvalue weighted by molar-refractivity contribution is -0.149. The molecule has 2 aromatic carbocycles. The molecule has 4 nitrogen and oxygen atoms in total. The van der Waals surface area contributed by atoms with E-state index in [1.54, 1.807) is 24.6 Å². The molecule has 1 heterocycles. The molecule has 3 aromatic rings. The molecule has 1 unspecified atom stereocenters. The van der Waals surface area contributed by atoms with Gasteiger partial charge in [-0.2, -0.15) is 13.2 Å². The molecule has 3 rings (SSSR count). The lowest BCUT2D eigenvalue weighted by Gasteiger charge is -2.22. The Morgan fingerprint density at radius 3 is 2.41 bits per heavy atom. The van der Waals surface area contributed by atoms with Crippen LogP contribution in [-0.2, 0) is 28.9 Å². The number of hydrogen-bond donors (Lipinski definition) is 1. The van der Waals surface area contributed by atoms with E-state index in [0.29, 0.717) is 6.07 Å². The second-order valence-electron chi connectivity index (χ2n) is 7.85. The van der Waals surface area contributed by atoms with Crippen molar-refractivity contribution in [1.29, 1.82) is 0 Å². The Morgan fingerprint density at radius 1 is 1.06 bits per heavy atom. The van der Waals surface area contributed by atoms with Crippen LogP contribution in [0, 0.1) is 11.7 Å². The van der Waals surface area contributed by atoms with Crippen LogP contribution in [0.1, 0.15) is 30.5 Å². The molecule has 0 fully saturated rings. The van der Waals surface area contributed by atoms with Crippen LogP contribution >= 0.6 is 0 Å². The fourth-order valence-corrected chi connectivity index (χ4v) is 3.21. The summed E-state index contributed by atoms with van der Waals surface area (Å²) >= 11 is 0. The van der Waals surface area contributed by atoms with Crippen LogP contribution < -0.4 is 5.32 Å². The highest BCUT2D eigenvalue weighted by Gasteiger charge is 2.32. The van der Waals surface area contributed by atoms with Gasteiger partial charge in [0.15, 0.2) is 6.73 Å². The van der Waals surface area contributed by atoms with Gasteiger partial charge < -0.3 is 14.6 Å². The average molecular weight is 448 g/mol. The zero-order valence-electron chi connectivity index (χ0n) is 17.7. The van der Waals surface area contributed by atoms with E-state index >= 15 is 0 Å². The van der Waals surface area contributed by atoms with Gasteiger partial charge in [0.25, 0.3) is 0 Å². The van der Waals surface area contributed by atoms with E-state index in [1.165, 1.54) is 0 Å². The predicted molar refractivity (Wildman–Crippen MR) is 113 cm³/mol. The molecule has 0 bridgehead atoms. The van der Waals surface area contributed by atoms with E-state index in [4.69, 9.17) is 4.74 Å². The number of nitrogens with one attached hydrogen (secondary N) is 1. The minimum atomic E-state index is -4.65. The highest BCUT2D eigenvalue weighted by Crippen LogP contribution is 2.31. The van der Waals surface area contributed by atoms with Crippen LogP contribution in [0.3, 0.4) is 0 Å². The molecule has 1 N–H and O–H groups in total. The van der Waals surface area contributed by atoms with Crippen molar-refractivity contribution >= 4 is 11.7 Å². The standard InChI is InChI=1S/C24H24F4N2O2/c1-16(2)22(29-21-9-8-19(13-20(21)25)24(26,27)28)23(31)32-15-30-11-10-18(14-30)12-17-6-4-3-5-7-17/h3-11,13-14,16,22,29H,12,15H2,1-2H3. The zero-order valence-corrected chi connectivity index (χ0v) is 17.7. The Morgan fingerprint density at radius 2 is 1.78 bits per heavy atom. The number of anilines is 1. The fourth-order valence-electron chi connectivity index (χ4n) is 3.21. The third-order valence-corrected chi connectivity index (χ3v) is 4.95. The molecular weight excluding hydrogens is 424 g/mol. The number of alkyl halides is 3. The van der Waals surface area contributed by atoms with Crippen molar-refractivity contribution in [2.45, 2.75) is 39.2 Å². The fraction of sp³-hybridized carbons (Fsp3) is 0.292. The van der Waals surface area contributed by atoms with Crippen molar-refractivity contribution < 1.29 is 27.1 Å². The van der Waals surface area contributed by atoms with Crippen molar-refractivity contribution in [2.24, 2.45) is 5.92 Å². The van der Waals surface area contributed by atoms with E-state index in [2.05, 4.69) is 5.32 Å². The molecule has 0 spiro atoms. The molecule has 1 aromatic heterocycles. The van der Waals surface area contributed by atoms with E-state index in [1.807, 2.05) is 42.6 Å². The first-order chi connectivity index (χ1) is 15.1. The van der Waals surface area contributed by atoms with Crippen molar-refractivity contribution in [3.63, 3.8) is 0 Å². The highest BCUT2D eigenvalue weighted by molar-refractivity contribution is 5.79. The third-order valence-electron chi connectivity index (χ3n) is 4.95. The Kier molecular flexibility index (Phi) is 7.22. The first-order valence-corrected chi connectivity index (χ1v) is 10.1. The topological polar surface area (TPSA) is 43.3 Å². The number of hydrogen-bond acceptors (Lipinski definition) is 3. The summed E-state index contributed by atoms with van der Waals surface area (Å²) in [5, 5.41) is 2.67. The summed E-state index contributed by atoms with van der Waals surface area (Å²) in [6, 6.07) is 13.1. The molecule has 0 amide bonds. The first-order valence-electron chi connectivity index (χ1n) is 10.1. The number of rotatable bonds is 8. The molecule has 1 atom stereocenters. The van der Waals surface area contributed by atoms with Crippen LogP contribution in [0.5, 0.6) is 0 Å². The predicted octanol–water partition coefficient (Wildman–Crippen LogP) is 5.87. The number of halogens is 4. The van der Waals surface area contributed by atoms with Gasteiger partial charge >= 0.3 is 12.1 Å². The van der Waals surface area contributed by atoms with E-state index < -0.39 is 29.6 Å². The molecule has 0 saturated heterocycles. The Hall–Kier alpha value is -3.29. The number of carbonyl (C=O) groups excluding carboxylic acids is 1. The van der Waals surface area contributed by atoms with Crippen LogP contribution in [0.4, 0.5) is 23.2 Å². The van der Waals surface area contributed by atoms with Crippen molar-refractivity contribution in [2.75, 3.05) is 5.32 Å². The molecule has 170 valence electrons. The van der Waals surface area contributed by atoms with Crippen molar-refractivity contribution in [3.05, 3.63) is 89.5 Å². The summed E-state index contributed by atoms with van der Waals surface area (Å²) in [5.74, 6) is -2.01. The van der Waals surface area contributed by atoms with Crippen LogP contribution in [0.2, 0.25) is 0 Å². The van der Waals surface area contributed by atoms with Crippen molar-refractivity contribution in [3.8, 4) is 0 Å². The largest absolute Gasteiger partial charge is 0.442 e.